The van der Waals surface area contributed by atoms with Gasteiger partial charge in [0.25, 0.3) is 0 Å². The molecular formula is C14H13Cl2NO2. The molecule has 0 saturated carbocycles. The largest absolute Gasteiger partial charge is 0.492 e. The molecule has 2 rings (SSSR count). The van der Waals surface area contributed by atoms with Crippen LogP contribution in [-0.4, -0.2) is 16.7 Å². The van der Waals surface area contributed by atoms with Crippen molar-refractivity contribution in [3.63, 3.8) is 0 Å². The Morgan fingerprint density at radius 2 is 1.95 bits per heavy atom. The molecule has 0 saturated heterocycles. The molecule has 1 unspecified atom stereocenters. The quantitative estimate of drug-likeness (QED) is 0.931. The van der Waals surface area contributed by atoms with Crippen molar-refractivity contribution >= 4 is 23.2 Å². The minimum atomic E-state index is -0.817. The Hall–Kier alpha value is -1.29. The molecule has 2 aromatic rings. The minimum absolute atomic E-state index is 0.409. The Kier molecular flexibility index (Phi) is 4.64. The van der Waals surface area contributed by atoms with Crippen molar-refractivity contribution in [3.8, 4) is 5.75 Å². The van der Waals surface area contributed by atoms with Crippen molar-refractivity contribution in [1.82, 2.24) is 4.98 Å². The zero-order chi connectivity index (χ0) is 13.8. The number of benzene rings is 1. The molecule has 0 aliphatic carbocycles. The number of aliphatic hydroxyl groups excluding tert-OH is 1. The van der Waals surface area contributed by atoms with E-state index in [4.69, 9.17) is 27.9 Å². The summed E-state index contributed by atoms with van der Waals surface area (Å²) in [7, 11) is 0. The Morgan fingerprint density at radius 3 is 2.63 bits per heavy atom. The van der Waals surface area contributed by atoms with E-state index in [1.54, 1.807) is 36.7 Å². The van der Waals surface area contributed by atoms with E-state index >= 15 is 0 Å². The highest BCUT2D eigenvalue weighted by molar-refractivity contribution is 6.42. The van der Waals surface area contributed by atoms with Crippen LogP contribution in [-0.2, 0) is 0 Å². The van der Waals surface area contributed by atoms with Gasteiger partial charge in [-0.3, -0.25) is 4.98 Å². The fourth-order valence-corrected chi connectivity index (χ4v) is 2.01. The molecule has 1 N–H and O–H groups in total. The van der Waals surface area contributed by atoms with E-state index in [0.29, 0.717) is 33.5 Å². The van der Waals surface area contributed by atoms with Gasteiger partial charge in [-0.1, -0.05) is 29.3 Å². The summed E-state index contributed by atoms with van der Waals surface area (Å²) in [5.41, 5.74) is 1.30. The summed E-state index contributed by atoms with van der Waals surface area (Å²) in [6.07, 6.45) is 2.38. The van der Waals surface area contributed by atoms with Crippen LogP contribution in [0.5, 0.6) is 5.75 Å². The van der Waals surface area contributed by atoms with Gasteiger partial charge in [-0.25, -0.2) is 0 Å². The van der Waals surface area contributed by atoms with E-state index in [9.17, 15) is 5.11 Å². The number of nitrogens with zero attached hydrogens (tertiary/aromatic N) is 1. The molecule has 0 radical (unpaired) electrons. The van der Waals surface area contributed by atoms with Crippen LogP contribution in [0.1, 0.15) is 24.2 Å². The van der Waals surface area contributed by atoms with Gasteiger partial charge in [0.1, 0.15) is 11.9 Å². The summed E-state index contributed by atoms with van der Waals surface area (Å²) in [5.74, 6) is 0.624. The molecule has 0 fully saturated rings. The normalized spacial score (nSPS) is 12.2. The lowest BCUT2D eigenvalue weighted by atomic mass is 10.0. The number of pyridine rings is 1. The van der Waals surface area contributed by atoms with E-state index in [1.807, 2.05) is 6.92 Å². The van der Waals surface area contributed by atoms with Crippen LogP contribution in [0.25, 0.3) is 0 Å². The maximum absolute atomic E-state index is 10.3. The second kappa shape index (κ2) is 6.24. The van der Waals surface area contributed by atoms with Crippen molar-refractivity contribution in [2.75, 3.05) is 6.61 Å². The number of rotatable bonds is 4. The summed E-state index contributed by atoms with van der Waals surface area (Å²) in [6, 6.07) is 6.78. The third-order valence-corrected chi connectivity index (χ3v) is 3.36. The number of aromatic nitrogens is 1. The van der Waals surface area contributed by atoms with Gasteiger partial charge >= 0.3 is 0 Å². The van der Waals surface area contributed by atoms with Gasteiger partial charge in [0, 0.05) is 11.8 Å². The first-order chi connectivity index (χ1) is 9.11. The molecule has 0 aliphatic rings. The van der Waals surface area contributed by atoms with Crippen molar-refractivity contribution < 1.29 is 9.84 Å². The van der Waals surface area contributed by atoms with Crippen LogP contribution >= 0.6 is 23.2 Å². The lowest BCUT2D eigenvalue weighted by molar-refractivity contribution is 0.219. The topological polar surface area (TPSA) is 42.4 Å². The Labute approximate surface area is 121 Å². The van der Waals surface area contributed by atoms with Crippen molar-refractivity contribution in [2.45, 2.75) is 13.0 Å². The van der Waals surface area contributed by atoms with Gasteiger partial charge in [0.05, 0.1) is 22.8 Å². The predicted molar refractivity (Wildman–Crippen MR) is 75.9 cm³/mol. The molecular weight excluding hydrogens is 285 g/mol. The van der Waals surface area contributed by atoms with Gasteiger partial charge in [0.15, 0.2) is 0 Å². The first kappa shape index (κ1) is 14.1. The molecule has 0 aliphatic heterocycles. The van der Waals surface area contributed by atoms with Crippen molar-refractivity contribution in [1.29, 1.82) is 0 Å². The maximum Gasteiger partial charge on any atom is 0.137 e. The van der Waals surface area contributed by atoms with Gasteiger partial charge < -0.3 is 9.84 Å². The predicted octanol–water partition coefficient (Wildman–Crippen LogP) is 3.87. The third kappa shape index (κ3) is 3.38. The van der Waals surface area contributed by atoms with Crippen LogP contribution in [0.2, 0.25) is 10.0 Å². The van der Waals surface area contributed by atoms with Gasteiger partial charge in [-0.15, -0.1) is 0 Å². The van der Waals surface area contributed by atoms with Gasteiger partial charge in [0.2, 0.25) is 0 Å². The SMILES string of the molecule is CCOc1cncc(C(O)c2ccc(Cl)c(Cl)c2)c1. The number of ether oxygens (including phenoxy) is 1. The molecule has 3 nitrogen and oxygen atoms in total. The maximum atomic E-state index is 10.3. The lowest BCUT2D eigenvalue weighted by Gasteiger charge is -2.13. The van der Waals surface area contributed by atoms with Crippen LogP contribution in [0.4, 0.5) is 0 Å². The van der Waals surface area contributed by atoms with Crippen LogP contribution in [0.15, 0.2) is 36.7 Å². The first-order valence-electron chi connectivity index (χ1n) is 5.82. The molecule has 1 atom stereocenters. The Morgan fingerprint density at radius 1 is 1.16 bits per heavy atom. The van der Waals surface area contributed by atoms with Gasteiger partial charge in [-0.2, -0.15) is 0 Å². The number of hydrogen-bond donors (Lipinski definition) is 1. The van der Waals surface area contributed by atoms with Crippen molar-refractivity contribution in [2.24, 2.45) is 0 Å². The molecule has 1 aromatic carbocycles. The Balaban J connectivity index is 2.29. The third-order valence-electron chi connectivity index (χ3n) is 2.62. The first-order valence-corrected chi connectivity index (χ1v) is 6.58. The second-order valence-electron chi connectivity index (χ2n) is 3.96. The molecule has 1 aromatic heterocycles. The summed E-state index contributed by atoms with van der Waals surface area (Å²) < 4.78 is 5.35. The molecule has 100 valence electrons. The van der Waals surface area contributed by atoms with E-state index in [0.717, 1.165) is 0 Å². The molecule has 0 amide bonds. The zero-order valence-electron chi connectivity index (χ0n) is 10.3. The fourth-order valence-electron chi connectivity index (χ4n) is 1.71. The minimum Gasteiger partial charge on any atom is -0.492 e. The Bertz CT molecular complexity index is 575. The van der Waals surface area contributed by atoms with Crippen LogP contribution in [0.3, 0.4) is 0 Å². The van der Waals surface area contributed by atoms with E-state index in [2.05, 4.69) is 4.98 Å². The van der Waals surface area contributed by atoms with E-state index in [-0.39, 0.29) is 0 Å². The second-order valence-corrected chi connectivity index (χ2v) is 4.78. The molecule has 0 bridgehead atoms. The molecule has 19 heavy (non-hydrogen) atoms. The highest BCUT2D eigenvalue weighted by Crippen LogP contribution is 2.29. The standard InChI is InChI=1S/C14H13Cl2NO2/c1-2-19-11-5-10(7-17-8-11)14(18)9-3-4-12(15)13(16)6-9/h3-8,14,18H,2H2,1H3. The lowest BCUT2D eigenvalue weighted by Crippen LogP contribution is -2.01. The monoisotopic (exact) mass is 297 g/mol. The number of aliphatic hydroxyl groups is 1. The van der Waals surface area contributed by atoms with Crippen molar-refractivity contribution in [3.05, 3.63) is 57.8 Å². The van der Waals surface area contributed by atoms with Crippen LogP contribution < -0.4 is 4.74 Å². The summed E-state index contributed by atoms with van der Waals surface area (Å²) in [6.45, 7) is 2.44. The smallest absolute Gasteiger partial charge is 0.137 e. The number of halogens is 2. The summed E-state index contributed by atoms with van der Waals surface area (Å²) in [4.78, 5) is 4.05. The highest BCUT2D eigenvalue weighted by Gasteiger charge is 2.13. The van der Waals surface area contributed by atoms with Gasteiger partial charge in [-0.05, 0) is 30.7 Å². The fraction of sp³-hybridized carbons (Fsp3) is 0.214. The zero-order valence-corrected chi connectivity index (χ0v) is 11.8. The highest BCUT2D eigenvalue weighted by atomic mass is 35.5. The molecule has 1 heterocycles. The average molecular weight is 298 g/mol. The number of hydrogen-bond acceptors (Lipinski definition) is 3. The van der Waals surface area contributed by atoms with E-state index < -0.39 is 6.10 Å². The molecule has 0 spiro atoms. The summed E-state index contributed by atoms with van der Waals surface area (Å²) in [5, 5.41) is 11.2. The van der Waals surface area contributed by atoms with E-state index in [1.165, 1.54) is 0 Å². The van der Waals surface area contributed by atoms with Crippen LogP contribution in [0, 0.1) is 0 Å². The summed E-state index contributed by atoms with van der Waals surface area (Å²) >= 11 is 11.8. The average Bonchev–Trinajstić information content (AvgIpc) is 2.42. The molecule has 5 heteroatoms.